The average Bonchev–Trinajstić information content (AvgIpc) is 2.80. The van der Waals surface area contributed by atoms with Crippen molar-refractivity contribution in [3.05, 3.63) is 22.4 Å². The molecule has 3 heteroatoms. The smallest absolute Gasteiger partial charge is 0.0512 e. The molecule has 1 aromatic rings. The minimum atomic E-state index is 0.496. The van der Waals surface area contributed by atoms with Gasteiger partial charge in [-0.25, -0.2) is 0 Å². The summed E-state index contributed by atoms with van der Waals surface area (Å²) in [6.45, 7) is 5.05. The van der Waals surface area contributed by atoms with E-state index in [1.165, 1.54) is 17.7 Å². The summed E-state index contributed by atoms with van der Waals surface area (Å²) < 4.78 is 5.57. The summed E-state index contributed by atoms with van der Waals surface area (Å²) in [4.78, 5) is 1.45. The van der Waals surface area contributed by atoms with E-state index >= 15 is 0 Å². The standard InChI is InChI=1S/C12H19NOS/c1-2-13-12(11-6-4-8-15-11)10-5-3-7-14-9-10/h4,6,8,10,12-13H,2-3,5,7,9H2,1H3. The number of ether oxygens (including phenoxy) is 1. The third-order valence-electron chi connectivity index (χ3n) is 2.94. The zero-order valence-electron chi connectivity index (χ0n) is 9.24. The highest BCUT2D eigenvalue weighted by atomic mass is 32.1. The molecule has 1 aliphatic heterocycles. The maximum Gasteiger partial charge on any atom is 0.0512 e. The highest BCUT2D eigenvalue weighted by molar-refractivity contribution is 7.10. The Morgan fingerprint density at radius 1 is 1.67 bits per heavy atom. The topological polar surface area (TPSA) is 21.3 Å². The van der Waals surface area contributed by atoms with Crippen LogP contribution in [0, 0.1) is 5.92 Å². The molecule has 0 aromatic carbocycles. The third kappa shape index (κ3) is 2.80. The van der Waals surface area contributed by atoms with Crippen molar-refractivity contribution in [2.24, 2.45) is 5.92 Å². The van der Waals surface area contributed by atoms with Crippen molar-refractivity contribution >= 4 is 11.3 Å². The van der Waals surface area contributed by atoms with E-state index in [1.54, 1.807) is 0 Å². The van der Waals surface area contributed by atoms with E-state index < -0.39 is 0 Å². The fraction of sp³-hybridized carbons (Fsp3) is 0.667. The molecule has 1 fully saturated rings. The molecule has 0 bridgehead atoms. The summed E-state index contributed by atoms with van der Waals surface area (Å²) >= 11 is 1.85. The molecule has 2 nitrogen and oxygen atoms in total. The third-order valence-corrected chi connectivity index (χ3v) is 3.90. The Bertz CT molecular complexity index is 267. The lowest BCUT2D eigenvalue weighted by molar-refractivity contribution is 0.0398. The molecule has 1 aliphatic rings. The first-order valence-corrected chi connectivity index (χ1v) is 6.64. The van der Waals surface area contributed by atoms with E-state index in [0.717, 1.165) is 19.8 Å². The van der Waals surface area contributed by atoms with Crippen LogP contribution in [0.25, 0.3) is 0 Å². The van der Waals surface area contributed by atoms with Gasteiger partial charge in [-0.3, -0.25) is 0 Å². The Kier molecular flexibility index (Phi) is 4.18. The van der Waals surface area contributed by atoms with Gasteiger partial charge in [-0.2, -0.15) is 0 Å². The summed E-state index contributed by atoms with van der Waals surface area (Å²) in [5.41, 5.74) is 0. The van der Waals surface area contributed by atoms with Gasteiger partial charge in [0.25, 0.3) is 0 Å². The van der Waals surface area contributed by atoms with Crippen LogP contribution in [0.1, 0.15) is 30.7 Å². The van der Waals surface area contributed by atoms with Crippen LogP contribution in [0.2, 0.25) is 0 Å². The second-order valence-corrected chi connectivity index (χ2v) is 5.01. The molecular formula is C12H19NOS. The van der Waals surface area contributed by atoms with Gasteiger partial charge in [0.1, 0.15) is 0 Å². The quantitative estimate of drug-likeness (QED) is 0.851. The monoisotopic (exact) mass is 225 g/mol. The van der Waals surface area contributed by atoms with Gasteiger partial charge in [-0.15, -0.1) is 11.3 Å². The fourth-order valence-electron chi connectivity index (χ4n) is 2.22. The zero-order valence-corrected chi connectivity index (χ0v) is 10.1. The fourth-order valence-corrected chi connectivity index (χ4v) is 3.11. The molecule has 84 valence electrons. The number of rotatable bonds is 4. The molecule has 2 unspecified atom stereocenters. The van der Waals surface area contributed by atoms with E-state index in [9.17, 15) is 0 Å². The summed E-state index contributed by atoms with van der Waals surface area (Å²) in [5, 5.41) is 5.74. The van der Waals surface area contributed by atoms with Crippen LogP contribution in [-0.2, 0) is 4.74 Å². The van der Waals surface area contributed by atoms with Gasteiger partial charge in [-0.1, -0.05) is 13.0 Å². The number of hydrogen-bond donors (Lipinski definition) is 1. The van der Waals surface area contributed by atoms with E-state index in [0.29, 0.717) is 12.0 Å². The first-order valence-electron chi connectivity index (χ1n) is 5.76. The molecule has 0 amide bonds. The molecule has 0 spiro atoms. The van der Waals surface area contributed by atoms with Crippen molar-refractivity contribution < 1.29 is 4.74 Å². The van der Waals surface area contributed by atoms with Crippen molar-refractivity contribution in [2.75, 3.05) is 19.8 Å². The van der Waals surface area contributed by atoms with Crippen molar-refractivity contribution in [2.45, 2.75) is 25.8 Å². The normalized spacial score (nSPS) is 23.9. The van der Waals surface area contributed by atoms with Gasteiger partial charge < -0.3 is 10.1 Å². The Morgan fingerprint density at radius 3 is 3.20 bits per heavy atom. The Morgan fingerprint density at radius 2 is 2.60 bits per heavy atom. The van der Waals surface area contributed by atoms with E-state index in [-0.39, 0.29) is 0 Å². The molecule has 1 saturated heterocycles. The second kappa shape index (κ2) is 5.64. The Balaban J connectivity index is 2.04. The highest BCUT2D eigenvalue weighted by Crippen LogP contribution is 2.31. The van der Waals surface area contributed by atoms with Crippen LogP contribution < -0.4 is 5.32 Å². The Hall–Kier alpha value is -0.380. The molecule has 1 aromatic heterocycles. The molecule has 2 atom stereocenters. The minimum absolute atomic E-state index is 0.496. The zero-order chi connectivity index (χ0) is 10.5. The van der Waals surface area contributed by atoms with Crippen molar-refractivity contribution in [3.63, 3.8) is 0 Å². The summed E-state index contributed by atoms with van der Waals surface area (Å²) in [5.74, 6) is 0.650. The van der Waals surface area contributed by atoms with Crippen LogP contribution in [0.15, 0.2) is 17.5 Å². The van der Waals surface area contributed by atoms with Crippen molar-refractivity contribution in [1.82, 2.24) is 5.32 Å². The summed E-state index contributed by atoms with van der Waals surface area (Å²) in [6, 6.07) is 4.86. The number of hydrogen-bond acceptors (Lipinski definition) is 3. The second-order valence-electron chi connectivity index (χ2n) is 4.03. The SMILES string of the molecule is CCNC(c1cccs1)C1CCCOC1. The first kappa shape index (κ1) is 11.1. The molecule has 2 rings (SSSR count). The molecule has 2 heterocycles. The Labute approximate surface area is 95.6 Å². The van der Waals surface area contributed by atoms with Crippen LogP contribution in [-0.4, -0.2) is 19.8 Å². The molecular weight excluding hydrogens is 206 g/mol. The van der Waals surface area contributed by atoms with Crippen LogP contribution in [0.5, 0.6) is 0 Å². The highest BCUT2D eigenvalue weighted by Gasteiger charge is 2.25. The minimum Gasteiger partial charge on any atom is -0.381 e. The van der Waals surface area contributed by atoms with Gasteiger partial charge >= 0.3 is 0 Å². The van der Waals surface area contributed by atoms with E-state index in [2.05, 4.69) is 29.8 Å². The predicted octanol–water partition coefficient (Wildman–Crippen LogP) is 2.83. The summed E-state index contributed by atoms with van der Waals surface area (Å²) in [7, 11) is 0. The van der Waals surface area contributed by atoms with Crippen LogP contribution in [0.4, 0.5) is 0 Å². The molecule has 15 heavy (non-hydrogen) atoms. The first-order chi connectivity index (χ1) is 7.42. The van der Waals surface area contributed by atoms with Gasteiger partial charge in [0.05, 0.1) is 6.61 Å². The predicted molar refractivity (Wildman–Crippen MR) is 64.3 cm³/mol. The van der Waals surface area contributed by atoms with Crippen LogP contribution >= 0.6 is 11.3 Å². The lowest BCUT2D eigenvalue weighted by Gasteiger charge is -2.30. The lowest BCUT2D eigenvalue weighted by atomic mass is 9.92. The summed E-state index contributed by atoms with van der Waals surface area (Å²) in [6.07, 6.45) is 2.49. The average molecular weight is 225 g/mol. The maximum atomic E-state index is 5.57. The van der Waals surface area contributed by atoms with E-state index in [1.807, 2.05) is 11.3 Å². The molecule has 1 N–H and O–H groups in total. The maximum absolute atomic E-state index is 5.57. The lowest BCUT2D eigenvalue weighted by Crippen LogP contribution is -2.32. The molecule has 0 radical (unpaired) electrons. The number of thiophene rings is 1. The van der Waals surface area contributed by atoms with Gasteiger partial charge in [-0.05, 0) is 30.8 Å². The van der Waals surface area contributed by atoms with Gasteiger partial charge in [0.15, 0.2) is 0 Å². The molecule has 0 aliphatic carbocycles. The van der Waals surface area contributed by atoms with Crippen molar-refractivity contribution in [1.29, 1.82) is 0 Å². The largest absolute Gasteiger partial charge is 0.381 e. The van der Waals surface area contributed by atoms with Crippen LogP contribution in [0.3, 0.4) is 0 Å². The molecule has 0 saturated carbocycles. The number of nitrogens with one attached hydrogen (secondary N) is 1. The van der Waals surface area contributed by atoms with E-state index in [4.69, 9.17) is 4.74 Å². The van der Waals surface area contributed by atoms with Crippen molar-refractivity contribution in [3.8, 4) is 0 Å². The van der Waals surface area contributed by atoms with Gasteiger partial charge in [0, 0.05) is 23.4 Å². The van der Waals surface area contributed by atoms with Gasteiger partial charge in [0.2, 0.25) is 0 Å².